The second kappa shape index (κ2) is 7.76. The highest BCUT2D eigenvalue weighted by atomic mass is 33.1. The minimum atomic E-state index is -0.896. The average molecular weight is 210 g/mol. The number of hydrogen-bond donors (Lipinski definition) is 1. The van der Waals surface area contributed by atoms with Gasteiger partial charge in [0, 0.05) is 12.4 Å². The number of aliphatic carboxylic acids is 1. The van der Waals surface area contributed by atoms with E-state index in [4.69, 9.17) is 9.84 Å². The van der Waals surface area contributed by atoms with Gasteiger partial charge < -0.3 is 9.84 Å². The molecule has 0 rings (SSSR count). The summed E-state index contributed by atoms with van der Waals surface area (Å²) in [5, 5.41) is 8.45. The van der Waals surface area contributed by atoms with Gasteiger partial charge in [0.15, 0.2) is 6.10 Å². The topological polar surface area (TPSA) is 46.5 Å². The van der Waals surface area contributed by atoms with Gasteiger partial charge in [0.25, 0.3) is 0 Å². The van der Waals surface area contributed by atoms with E-state index in [-0.39, 0.29) is 0 Å². The fourth-order valence-electron chi connectivity index (χ4n) is 0.533. The molecule has 0 fully saturated rings. The van der Waals surface area contributed by atoms with Crippen LogP contribution in [0.3, 0.4) is 0 Å². The molecule has 1 N–H and O–H groups in total. The van der Waals surface area contributed by atoms with Crippen molar-refractivity contribution in [2.24, 2.45) is 0 Å². The van der Waals surface area contributed by atoms with Crippen LogP contribution in [-0.4, -0.2) is 35.8 Å². The van der Waals surface area contributed by atoms with Crippen molar-refractivity contribution in [1.82, 2.24) is 0 Å². The van der Waals surface area contributed by atoms with Crippen LogP contribution in [-0.2, 0) is 9.53 Å². The first kappa shape index (κ1) is 12.1. The molecule has 0 aromatic carbocycles. The Morgan fingerprint density at radius 1 is 1.67 bits per heavy atom. The van der Waals surface area contributed by atoms with Crippen LogP contribution in [0.1, 0.15) is 13.3 Å². The first-order valence-corrected chi connectivity index (χ1v) is 6.41. The molecule has 0 aliphatic heterocycles. The molecule has 0 aromatic heterocycles. The van der Waals surface area contributed by atoms with E-state index in [1.807, 2.05) is 6.26 Å². The molecule has 1 atom stereocenters. The van der Waals surface area contributed by atoms with E-state index in [0.717, 1.165) is 12.2 Å². The largest absolute Gasteiger partial charge is 0.479 e. The van der Waals surface area contributed by atoms with E-state index in [9.17, 15) is 4.79 Å². The van der Waals surface area contributed by atoms with Gasteiger partial charge in [-0.2, -0.15) is 0 Å². The third-order valence-electron chi connectivity index (χ3n) is 1.21. The number of carbonyl (C=O) groups is 1. The van der Waals surface area contributed by atoms with Crippen molar-refractivity contribution in [3.63, 3.8) is 0 Å². The minimum Gasteiger partial charge on any atom is -0.479 e. The van der Waals surface area contributed by atoms with Crippen molar-refractivity contribution in [2.45, 2.75) is 19.4 Å². The Kier molecular flexibility index (Phi) is 7.85. The number of carboxylic acids is 1. The Hall–Kier alpha value is 0.130. The second-order valence-electron chi connectivity index (χ2n) is 2.19. The monoisotopic (exact) mass is 210 g/mol. The summed E-state index contributed by atoms with van der Waals surface area (Å²) in [6, 6.07) is 0. The molecular formula is C7H14O3S2. The van der Waals surface area contributed by atoms with Crippen molar-refractivity contribution in [3.05, 3.63) is 0 Å². The lowest BCUT2D eigenvalue weighted by Gasteiger charge is -2.06. The Labute approximate surface area is 80.6 Å². The quantitative estimate of drug-likeness (QED) is 0.513. The van der Waals surface area contributed by atoms with Crippen LogP contribution >= 0.6 is 21.6 Å². The Balaban J connectivity index is 3.14. The summed E-state index contributed by atoms with van der Waals surface area (Å²) in [5.41, 5.74) is 0. The number of rotatable bonds is 7. The fraction of sp³-hybridized carbons (Fsp3) is 0.857. The lowest BCUT2D eigenvalue weighted by Crippen LogP contribution is -2.20. The van der Waals surface area contributed by atoms with E-state index in [1.54, 1.807) is 28.5 Å². The molecule has 5 heteroatoms. The molecule has 0 saturated carbocycles. The summed E-state index contributed by atoms with van der Waals surface area (Å²) in [5.74, 6) is 0.112. The van der Waals surface area contributed by atoms with Gasteiger partial charge in [0.2, 0.25) is 0 Å². The third kappa shape index (κ3) is 6.82. The zero-order valence-corrected chi connectivity index (χ0v) is 8.91. The number of carboxylic acid groups (broad SMARTS) is 1. The Morgan fingerprint density at radius 2 is 2.33 bits per heavy atom. The van der Waals surface area contributed by atoms with Crippen molar-refractivity contribution in [3.8, 4) is 0 Å². The van der Waals surface area contributed by atoms with Gasteiger partial charge >= 0.3 is 5.97 Å². The van der Waals surface area contributed by atoms with E-state index < -0.39 is 12.1 Å². The van der Waals surface area contributed by atoms with E-state index >= 15 is 0 Å². The lowest BCUT2D eigenvalue weighted by molar-refractivity contribution is -0.149. The predicted molar refractivity (Wildman–Crippen MR) is 53.6 cm³/mol. The van der Waals surface area contributed by atoms with E-state index in [0.29, 0.717) is 6.61 Å². The minimum absolute atomic E-state index is 0.529. The van der Waals surface area contributed by atoms with Crippen LogP contribution < -0.4 is 0 Å². The zero-order valence-electron chi connectivity index (χ0n) is 7.28. The highest BCUT2D eigenvalue weighted by Crippen LogP contribution is 2.17. The summed E-state index contributed by atoms with van der Waals surface area (Å²) in [6.07, 6.45) is 2.25. The van der Waals surface area contributed by atoms with Crippen LogP contribution in [0.2, 0.25) is 0 Å². The molecule has 3 nitrogen and oxygen atoms in total. The molecule has 0 unspecified atom stereocenters. The zero-order chi connectivity index (χ0) is 9.40. The normalized spacial score (nSPS) is 12.8. The Bertz CT molecular complexity index is 130. The van der Waals surface area contributed by atoms with Crippen molar-refractivity contribution < 1.29 is 14.6 Å². The predicted octanol–water partition coefficient (Wildman–Crippen LogP) is 1.88. The van der Waals surface area contributed by atoms with Crippen LogP contribution in [0.5, 0.6) is 0 Å². The smallest absolute Gasteiger partial charge is 0.332 e. The van der Waals surface area contributed by atoms with E-state index in [2.05, 4.69) is 0 Å². The Morgan fingerprint density at radius 3 is 2.83 bits per heavy atom. The molecule has 0 radical (unpaired) electrons. The van der Waals surface area contributed by atoms with Crippen molar-refractivity contribution in [1.29, 1.82) is 0 Å². The maximum atomic E-state index is 10.3. The first-order chi connectivity index (χ1) is 5.68. The molecule has 72 valence electrons. The average Bonchev–Trinajstić information content (AvgIpc) is 2.03. The van der Waals surface area contributed by atoms with Crippen LogP contribution in [0.4, 0.5) is 0 Å². The molecule has 0 amide bonds. The molecule has 0 aliphatic carbocycles. The molecule has 0 bridgehead atoms. The molecular weight excluding hydrogens is 196 g/mol. The van der Waals surface area contributed by atoms with Crippen molar-refractivity contribution in [2.75, 3.05) is 18.6 Å². The van der Waals surface area contributed by atoms with Gasteiger partial charge in [0.1, 0.15) is 0 Å². The standard InChI is InChI=1S/C7H14O3S2/c1-6(7(8)9)10-4-3-5-12-11-2/h6H,3-5H2,1-2H3,(H,8,9)/t6-/m0/s1. The van der Waals surface area contributed by atoms with Gasteiger partial charge in [-0.05, 0) is 19.6 Å². The maximum absolute atomic E-state index is 10.3. The van der Waals surface area contributed by atoms with Crippen LogP contribution in [0.25, 0.3) is 0 Å². The lowest BCUT2D eigenvalue weighted by atomic mass is 10.4. The highest BCUT2D eigenvalue weighted by Gasteiger charge is 2.09. The summed E-state index contributed by atoms with van der Waals surface area (Å²) in [7, 11) is 3.47. The summed E-state index contributed by atoms with van der Waals surface area (Å²) in [6.45, 7) is 2.07. The SMILES string of the molecule is CSSCCCO[C@@H](C)C(=O)O. The molecule has 12 heavy (non-hydrogen) atoms. The maximum Gasteiger partial charge on any atom is 0.332 e. The first-order valence-electron chi connectivity index (χ1n) is 3.68. The third-order valence-corrected chi connectivity index (χ3v) is 3.10. The van der Waals surface area contributed by atoms with Gasteiger partial charge in [-0.3, -0.25) is 0 Å². The summed E-state index contributed by atoms with van der Waals surface area (Å²) < 4.78 is 5.03. The van der Waals surface area contributed by atoms with Gasteiger partial charge in [-0.1, -0.05) is 21.6 Å². The highest BCUT2D eigenvalue weighted by molar-refractivity contribution is 8.76. The molecule has 0 aromatic rings. The van der Waals surface area contributed by atoms with Crippen LogP contribution in [0, 0.1) is 0 Å². The van der Waals surface area contributed by atoms with Crippen LogP contribution in [0.15, 0.2) is 0 Å². The molecule has 0 heterocycles. The number of ether oxygens (including phenoxy) is 1. The molecule has 0 spiro atoms. The van der Waals surface area contributed by atoms with E-state index in [1.165, 1.54) is 0 Å². The summed E-state index contributed by atoms with van der Waals surface area (Å²) >= 11 is 0. The van der Waals surface area contributed by atoms with Gasteiger partial charge in [-0.15, -0.1) is 0 Å². The van der Waals surface area contributed by atoms with Gasteiger partial charge in [-0.25, -0.2) is 4.79 Å². The fourth-order valence-corrected chi connectivity index (χ4v) is 1.79. The summed E-state index contributed by atoms with van der Waals surface area (Å²) in [4.78, 5) is 10.3. The number of hydrogen-bond acceptors (Lipinski definition) is 4. The van der Waals surface area contributed by atoms with Crippen molar-refractivity contribution >= 4 is 27.6 Å². The molecule has 0 saturated heterocycles. The molecule has 0 aliphatic rings. The van der Waals surface area contributed by atoms with Gasteiger partial charge in [0.05, 0.1) is 0 Å². The second-order valence-corrected chi connectivity index (χ2v) is 4.88.